The lowest BCUT2D eigenvalue weighted by Crippen LogP contribution is -2.32. The molecule has 0 bridgehead atoms. The fourth-order valence-electron chi connectivity index (χ4n) is 1.69. The molecule has 0 aliphatic carbocycles. The van der Waals surface area contributed by atoms with E-state index in [9.17, 15) is 4.79 Å². The molecule has 0 aliphatic heterocycles. The molecule has 4 nitrogen and oxygen atoms in total. The molecule has 0 saturated carbocycles. The number of rotatable bonds is 8. The molecule has 0 aliphatic rings. The zero-order valence-corrected chi connectivity index (χ0v) is 11.0. The van der Waals surface area contributed by atoms with Crippen molar-refractivity contribution in [3.8, 4) is 0 Å². The highest BCUT2D eigenvalue weighted by atomic mass is 16.3. The smallest absolute Gasteiger partial charge is 0.246 e. The van der Waals surface area contributed by atoms with Crippen LogP contribution in [0.25, 0.3) is 6.08 Å². The lowest BCUT2D eigenvalue weighted by Gasteiger charge is -2.20. The lowest BCUT2D eigenvalue weighted by molar-refractivity contribution is -0.126. The fraction of sp³-hybridized carbons (Fsp3) is 0.400. The van der Waals surface area contributed by atoms with Crippen LogP contribution in [0.15, 0.2) is 36.4 Å². The van der Waals surface area contributed by atoms with Gasteiger partial charge in [0.1, 0.15) is 0 Å². The molecule has 0 unspecified atom stereocenters. The molecule has 0 fully saturated rings. The highest BCUT2D eigenvalue weighted by molar-refractivity contribution is 5.91. The van der Waals surface area contributed by atoms with Crippen molar-refractivity contribution in [3.05, 3.63) is 42.0 Å². The van der Waals surface area contributed by atoms with E-state index in [-0.39, 0.29) is 19.1 Å². The molecule has 19 heavy (non-hydrogen) atoms. The first-order valence-corrected chi connectivity index (χ1v) is 6.51. The van der Waals surface area contributed by atoms with E-state index >= 15 is 0 Å². The van der Waals surface area contributed by atoms with Gasteiger partial charge >= 0.3 is 0 Å². The Hall–Kier alpha value is -1.65. The molecular formula is C15H21NO3. The molecular weight excluding hydrogens is 242 g/mol. The van der Waals surface area contributed by atoms with E-state index in [1.807, 2.05) is 30.3 Å². The number of nitrogens with zero attached hydrogens (tertiary/aromatic N) is 1. The third kappa shape index (κ3) is 6.18. The van der Waals surface area contributed by atoms with Crippen LogP contribution in [0.5, 0.6) is 0 Å². The summed E-state index contributed by atoms with van der Waals surface area (Å²) < 4.78 is 0. The summed E-state index contributed by atoms with van der Waals surface area (Å²) in [4.78, 5) is 13.6. The lowest BCUT2D eigenvalue weighted by atomic mass is 10.2. The molecule has 0 saturated heterocycles. The summed E-state index contributed by atoms with van der Waals surface area (Å²) in [5.74, 6) is -0.0919. The summed E-state index contributed by atoms with van der Waals surface area (Å²) in [6, 6.07) is 9.61. The first kappa shape index (κ1) is 15.4. The van der Waals surface area contributed by atoms with Gasteiger partial charge in [0.25, 0.3) is 0 Å². The van der Waals surface area contributed by atoms with Crippen LogP contribution >= 0.6 is 0 Å². The van der Waals surface area contributed by atoms with Crippen LogP contribution in [0.4, 0.5) is 0 Å². The van der Waals surface area contributed by atoms with Crippen molar-refractivity contribution in [1.82, 2.24) is 4.90 Å². The van der Waals surface area contributed by atoms with Gasteiger partial charge in [0.2, 0.25) is 5.91 Å². The molecule has 0 aromatic heterocycles. The van der Waals surface area contributed by atoms with E-state index < -0.39 is 0 Å². The van der Waals surface area contributed by atoms with Gasteiger partial charge in [0, 0.05) is 32.4 Å². The van der Waals surface area contributed by atoms with Crippen molar-refractivity contribution >= 4 is 12.0 Å². The SMILES string of the molecule is O=C(/C=C\c1ccccc1)N(CCCO)CCCO. The van der Waals surface area contributed by atoms with E-state index in [0.717, 1.165) is 5.56 Å². The van der Waals surface area contributed by atoms with Crippen LogP contribution in [-0.2, 0) is 4.79 Å². The Kier molecular flexibility index (Phi) is 7.54. The summed E-state index contributed by atoms with van der Waals surface area (Å²) in [5, 5.41) is 17.6. The van der Waals surface area contributed by atoms with E-state index in [0.29, 0.717) is 25.9 Å². The maximum absolute atomic E-state index is 12.0. The number of hydrogen-bond donors (Lipinski definition) is 2. The Morgan fingerprint density at radius 3 is 2.16 bits per heavy atom. The molecule has 1 rings (SSSR count). The number of benzene rings is 1. The van der Waals surface area contributed by atoms with Crippen LogP contribution in [0.1, 0.15) is 18.4 Å². The second-order valence-electron chi connectivity index (χ2n) is 4.22. The minimum absolute atomic E-state index is 0.0608. The van der Waals surface area contributed by atoms with Crippen molar-refractivity contribution in [2.24, 2.45) is 0 Å². The zero-order chi connectivity index (χ0) is 13.9. The van der Waals surface area contributed by atoms with Crippen molar-refractivity contribution in [1.29, 1.82) is 0 Å². The quantitative estimate of drug-likeness (QED) is 0.695. The average Bonchev–Trinajstić information content (AvgIpc) is 2.46. The van der Waals surface area contributed by atoms with Gasteiger partial charge in [0.15, 0.2) is 0 Å². The molecule has 0 radical (unpaired) electrons. The Morgan fingerprint density at radius 2 is 1.63 bits per heavy atom. The molecule has 2 N–H and O–H groups in total. The molecule has 0 spiro atoms. The number of aliphatic hydroxyl groups is 2. The summed E-state index contributed by atoms with van der Waals surface area (Å²) in [7, 11) is 0. The predicted octanol–water partition coefficient (Wildman–Crippen LogP) is 1.29. The van der Waals surface area contributed by atoms with Gasteiger partial charge in [-0.15, -0.1) is 0 Å². The minimum Gasteiger partial charge on any atom is -0.396 e. The van der Waals surface area contributed by atoms with Gasteiger partial charge in [-0.25, -0.2) is 0 Å². The molecule has 4 heteroatoms. The molecule has 1 aromatic rings. The van der Waals surface area contributed by atoms with Crippen molar-refractivity contribution in [2.75, 3.05) is 26.3 Å². The number of hydrogen-bond acceptors (Lipinski definition) is 3. The highest BCUT2D eigenvalue weighted by Crippen LogP contribution is 2.03. The highest BCUT2D eigenvalue weighted by Gasteiger charge is 2.09. The summed E-state index contributed by atoms with van der Waals surface area (Å²) >= 11 is 0. The van der Waals surface area contributed by atoms with E-state index in [1.165, 1.54) is 6.08 Å². The third-order valence-electron chi connectivity index (χ3n) is 2.70. The zero-order valence-electron chi connectivity index (χ0n) is 11.0. The summed E-state index contributed by atoms with van der Waals surface area (Å²) in [5.41, 5.74) is 0.972. The van der Waals surface area contributed by atoms with Gasteiger partial charge in [-0.1, -0.05) is 30.3 Å². The van der Waals surface area contributed by atoms with Gasteiger partial charge in [-0.2, -0.15) is 0 Å². The van der Waals surface area contributed by atoms with Crippen LogP contribution in [0, 0.1) is 0 Å². The predicted molar refractivity (Wildman–Crippen MR) is 75.5 cm³/mol. The number of carbonyl (C=O) groups is 1. The van der Waals surface area contributed by atoms with Crippen molar-refractivity contribution < 1.29 is 15.0 Å². The Labute approximate surface area is 114 Å². The van der Waals surface area contributed by atoms with Crippen molar-refractivity contribution in [3.63, 3.8) is 0 Å². The molecule has 104 valence electrons. The summed E-state index contributed by atoms with van der Waals surface area (Å²) in [6.45, 7) is 1.14. The van der Waals surface area contributed by atoms with E-state index in [2.05, 4.69) is 0 Å². The summed E-state index contributed by atoms with van der Waals surface area (Å²) in [6.07, 6.45) is 4.41. The number of aliphatic hydroxyl groups excluding tert-OH is 2. The van der Waals surface area contributed by atoms with Crippen LogP contribution in [0.2, 0.25) is 0 Å². The number of carbonyl (C=O) groups excluding carboxylic acids is 1. The normalized spacial score (nSPS) is 10.8. The molecule has 0 heterocycles. The van der Waals surface area contributed by atoms with Crippen LogP contribution in [0.3, 0.4) is 0 Å². The fourth-order valence-corrected chi connectivity index (χ4v) is 1.69. The first-order chi connectivity index (χ1) is 9.27. The number of amides is 1. The maximum Gasteiger partial charge on any atom is 0.246 e. The molecule has 1 aromatic carbocycles. The first-order valence-electron chi connectivity index (χ1n) is 6.51. The molecule has 0 atom stereocenters. The Bertz CT molecular complexity index is 382. The largest absolute Gasteiger partial charge is 0.396 e. The second-order valence-corrected chi connectivity index (χ2v) is 4.22. The maximum atomic E-state index is 12.0. The molecule has 1 amide bonds. The third-order valence-corrected chi connectivity index (χ3v) is 2.70. The van der Waals surface area contributed by atoms with Gasteiger partial charge < -0.3 is 15.1 Å². The van der Waals surface area contributed by atoms with Gasteiger partial charge in [-0.3, -0.25) is 4.79 Å². The second kappa shape index (κ2) is 9.30. The monoisotopic (exact) mass is 263 g/mol. The van der Waals surface area contributed by atoms with Gasteiger partial charge in [0.05, 0.1) is 0 Å². The van der Waals surface area contributed by atoms with Crippen LogP contribution < -0.4 is 0 Å². The Morgan fingerprint density at radius 1 is 1.05 bits per heavy atom. The van der Waals surface area contributed by atoms with Crippen molar-refractivity contribution in [2.45, 2.75) is 12.8 Å². The standard InChI is InChI=1S/C15H21NO3/c17-12-4-10-16(11-5-13-18)15(19)9-8-14-6-2-1-3-7-14/h1-3,6-9,17-18H,4-5,10-13H2/b9-8-. The topological polar surface area (TPSA) is 60.8 Å². The van der Waals surface area contributed by atoms with Crippen LogP contribution in [-0.4, -0.2) is 47.3 Å². The average molecular weight is 263 g/mol. The Balaban J connectivity index is 2.57. The van der Waals surface area contributed by atoms with Gasteiger partial charge in [-0.05, 0) is 24.5 Å². The van der Waals surface area contributed by atoms with E-state index in [1.54, 1.807) is 11.0 Å². The minimum atomic E-state index is -0.0919. The van der Waals surface area contributed by atoms with E-state index in [4.69, 9.17) is 10.2 Å².